The highest BCUT2D eigenvalue weighted by Gasteiger charge is 2.14. The molecule has 0 aliphatic rings. The summed E-state index contributed by atoms with van der Waals surface area (Å²) in [5.41, 5.74) is 0. The van der Waals surface area contributed by atoms with Crippen LogP contribution in [0.5, 0.6) is 0 Å². The Morgan fingerprint density at radius 3 is 0.923 bits per heavy atom. The maximum atomic E-state index is 10.1. The molecule has 52 heavy (non-hydrogen) atoms. The maximum Gasteiger partial charge on any atom is 0.102 e. The van der Waals surface area contributed by atoms with Gasteiger partial charge in [0.25, 0.3) is 0 Å². The van der Waals surface area contributed by atoms with Crippen LogP contribution in [0.3, 0.4) is 0 Å². The molecule has 0 fully saturated rings. The fourth-order valence-electron chi connectivity index (χ4n) is 5.96. The number of aliphatic hydroxyl groups is 2. The summed E-state index contributed by atoms with van der Waals surface area (Å²) in [7, 11) is 4.37. The predicted octanol–water partition coefficient (Wildman–Crippen LogP) is 5.51. The SMILES string of the molecule is CCCCCCCCCCCCC(O)COCCOCCOCC[N+](C)(C)CCOCCOCCOCC(O)CCCCCCCCCCCC.[Cl-]. The number of unbranched alkanes of at least 4 members (excludes halogenated alkanes) is 18. The van der Waals surface area contributed by atoms with E-state index in [9.17, 15) is 10.2 Å². The van der Waals surface area contributed by atoms with Crippen molar-refractivity contribution in [3.05, 3.63) is 0 Å². The van der Waals surface area contributed by atoms with Crippen molar-refractivity contribution in [1.82, 2.24) is 0 Å². The van der Waals surface area contributed by atoms with Gasteiger partial charge in [-0.15, -0.1) is 0 Å². The van der Waals surface area contributed by atoms with Gasteiger partial charge in [-0.2, -0.15) is 0 Å². The predicted molar refractivity (Wildman–Crippen MR) is 212 cm³/mol. The smallest absolute Gasteiger partial charge is 0.102 e. The molecule has 0 rings (SSSR count). The van der Waals surface area contributed by atoms with E-state index in [1.54, 1.807) is 0 Å². The highest BCUT2D eigenvalue weighted by molar-refractivity contribution is 4.57. The van der Waals surface area contributed by atoms with E-state index in [1.165, 1.54) is 116 Å². The lowest BCUT2D eigenvalue weighted by Gasteiger charge is -2.29. The van der Waals surface area contributed by atoms with E-state index in [0.717, 1.165) is 43.3 Å². The fourth-order valence-corrected chi connectivity index (χ4v) is 5.96. The lowest BCUT2D eigenvalue weighted by atomic mass is 10.0. The van der Waals surface area contributed by atoms with Crippen molar-refractivity contribution < 1.29 is 55.5 Å². The quantitative estimate of drug-likeness (QED) is 0.0620. The van der Waals surface area contributed by atoms with Gasteiger partial charge in [-0.25, -0.2) is 0 Å². The Balaban J connectivity index is 0. The van der Waals surface area contributed by atoms with E-state index in [-0.39, 0.29) is 24.6 Å². The van der Waals surface area contributed by atoms with Crippen LogP contribution in [0.2, 0.25) is 0 Å². The molecule has 0 spiro atoms. The molecule has 10 heteroatoms. The van der Waals surface area contributed by atoms with E-state index in [2.05, 4.69) is 27.9 Å². The molecule has 0 bridgehead atoms. The Morgan fingerprint density at radius 1 is 0.365 bits per heavy atom. The van der Waals surface area contributed by atoms with E-state index in [0.29, 0.717) is 79.3 Å². The first-order valence-electron chi connectivity index (χ1n) is 21.6. The van der Waals surface area contributed by atoms with Gasteiger partial charge in [0, 0.05) is 0 Å². The Hall–Kier alpha value is -0.0700. The Kier molecular flexibility index (Phi) is 45.4. The third kappa shape index (κ3) is 44.3. The zero-order valence-corrected chi connectivity index (χ0v) is 35.5. The van der Waals surface area contributed by atoms with Crippen molar-refractivity contribution in [3.8, 4) is 0 Å². The number of ether oxygens (including phenoxy) is 6. The standard InChI is InChI=1S/C42H88NO8.ClH/c1-5-7-9-11-13-15-17-19-21-23-25-41(44)39-50-37-35-48-33-31-46-29-27-43(3,4)28-30-47-32-34-49-36-38-51-40-42(45)26-24-22-20-18-16-14-12-10-8-6-2;/h41-42,44-45H,5-40H2,1-4H3;1H/q+1;/p-1. The molecule has 0 aromatic carbocycles. The first-order chi connectivity index (χ1) is 24.9. The average molecular weight is 771 g/mol. The zero-order valence-electron chi connectivity index (χ0n) is 34.8. The van der Waals surface area contributed by atoms with E-state index < -0.39 is 0 Å². The molecule has 9 nitrogen and oxygen atoms in total. The molecule has 0 aromatic rings. The number of quaternary nitrogens is 1. The summed E-state index contributed by atoms with van der Waals surface area (Å²) in [6, 6.07) is 0. The second-order valence-electron chi connectivity index (χ2n) is 15.2. The first-order valence-corrected chi connectivity index (χ1v) is 21.6. The molecule has 0 heterocycles. The van der Waals surface area contributed by atoms with Crippen LogP contribution in [0.4, 0.5) is 0 Å². The second-order valence-corrected chi connectivity index (χ2v) is 15.2. The van der Waals surface area contributed by atoms with Gasteiger partial charge in [0.15, 0.2) is 0 Å². The number of nitrogens with zero attached hydrogens (tertiary/aromatic N) is 1. The van der Waals surface area contributed by atoms with Crippen LogP contribution in [0.1, 0.15) is 155 Å². The highest BCUT2D eigenvalue weighted by Crippen LogP contribution is 2.13. The zero-order chi connectivity index (χ0) is 37.4. The topological polar surface area (TPSA) is 95.8 Å². The summed E-state index contributed by atoms with van der Waals surface area (Å²) >= 11 is 0. The fraction of sp³-hybridized carbons (Fsp3) is 1.00. The van der Waals surface area contributed by atoms with Gasteiger partial charge < -0.3 is 55.5 Å². The normalized spacial score (nSPS) is 13.0. The number of hydrogen-bond acceptors (Lipinski definition) is 8. The van der Waals surface area contributed by atoms with Gasteiger partial charge in [0.1, 0.15) is 13.1 Å². The van der Waals surface area contributed by atoms with Crippen LogP contribution in [-0.4, -0.2) is 133 Å². The van der Waals surface area contributed by atoms with Gasteiger partial charge in [-0.1, -0.05) is 142 Å². The average Bonchev–Trinajstić information content (AvgIpc) is 3.11. The first kappa shape index (κ1) is 54.0. The molecule has 0 saturated heterocycles. The summed E-state index contributed by atoms with van der Waals surface area (Å²) in [6.07, 6.45) is 27.1. The molecule has 0 aromatic heterocycles. The molecule has 316 valence electrons. The summed E-state index contributed by atoms with van der Waals surface area (Å²) in [4.78, 5) is 0. The van der Waals surface area contributed by atoms with Crippen LogP contribution in [-0.2, 0) is 28.4 Å². The van der Waals surface area contributed by atoms with Gasteiger partial charge in [-0.3, -0.25) is 0 Å². The van der Waals surface area contributed by atoms with Gasteiger partial charge in [-0.05, 0) is 12.8 Å². The number of halogens is 1. The molecule has 2 unspecified atom stereocenters. The molecule has 0 aliphatic heterocycles. The summed E-state index contributed by atoms with van der Waals surface area (Å²) in [6.45, 7) is 12.7. The van der Waals surface area contributed by atoms with E-state index in [4.69, 9.17) is 28.4 Å². The minimum absolute atomic E-state index is 0. The molecule has 0 amide bonds. The minimum Gasteiger partial charge on any atom is -1.00 e. The number of hydrogen-bond donors (Lipinski definition) is 2. The van der Waals surface area contributed by atoms with Gasteiger partial charge in [0.2, 0.25) is 0 Å². The number of likely N-dealkylation sites (N-methyl/N-ethyl adjacent to an activating group) is 1. The maximum absolute atomic E-state index is 10.1. The van der Waals surface area contributed by atoms with Crippen molar-refractivity contribution in [3.63, 3.8) is 0 Å². The largest absolute Gasteiger partial charge is 1.00 e. The highest BCUT2D eigenvalue weighted by atomic mass is 35.5. The molecule has 0 saturated carbocycles. The van der Waals surface area contributed by atoms with Crippen molar-refractivity contribution in [1.29, 1.82) is 0 Å². The van der Waals surface area contributed by atoms with Crippen molar-refractivity contribution >= 4 is 0 Å². The summed E-state index contributed by atoms with van der Waals surface area (Å²) < 4.78 is 34.7. The Bertz CT molecular complexity index is 611. The van der Waals surface area contributed by atoms with E-state index >= 15 is 0 Å². The molecular formula is C42H88ClNO8. The van der Waals surface area contributed by atoms with Crippen LogP contribution >= 0.6 is 0 Å². The summed E-state index contributed by atoms with van der Waals surface area (Å²) in [5, 5.41) is 20.2. The van der Waals surface area contributed by atoms with Crippen LogP contribution < -0.4 is 12.4 Å². The molecule has 2 N–H and O–H groups in total. The minimum atomic E-state index is -0.372. The number of rotatable bonds is 44. The van der Waals surface area contributed by atoms with Gasteiger partial charge >= 0.3 is 0 Å². The lowest BCUT2D eigenvalue weighted by Crippen LogP contribution is -3.00. The van der Waals surface area contributed by atoms with Crippen LogP contribution in [0, 0.1) is 0 Å². The monoisotopic (exact) mass is 770 g/mol. The van der Waals surface area contributed by atoms with E-state index in [1.807, 2.05) is 0 Å². The Labute approximate surface area is 328 Å². The molecule has 0 radical (unpaired) electrons. The third-order valence-electron chi connectivity index (χ3n) is 9.57. The van der Waals surface area contributed by atoms with Crippen molar-refractivity contribution in [2.45, 2.75) is 167 Å². The molecule has 0 aliphatic carbocycles. The summed E-state index contributed by atoms with van der Waals surface area (Å²) in [5.74, 6) is 0. The number of aliphatic hydroxyl groups excluding tert-OH is 2. The molecular weight excluding hydrogens is 682 g/mol. The Morgan fingerprint density at radius 2 is 0.615 bits per heavy atom. The van der Waals surface area contributed by atoms with Crippen molar-refractivity contribution in [2.75, 3.05) is 106 Å². The van der Waals surface area contributed by atoms with Gasteiger partial charge in [0.05, 0.1) is 106 Å². The van der Waals surface area contributed by atoms with Crippen LogP contribution in [0.15, 0.2) is 0 Å². The lowest BCUT2D eigenvalue weighted by molar-refractivity contribution is -0.891. The second kappa shape index (κ2) is 43.7. The van der Waals surface area contributed by atoms with Crippen LogP contribution in [0.25, 0.3) is 0 Å². The third-order valence-corrected chi connectivity index (χ3v) is 9.57. The molecule has 2 atom stereocenters. The van der Waals surface area contributed by atoms with Crippen molar-refractivity contribution in [2.24, 2.45) is 0 Å².